The third kappa shape index (κ3) is 6.92. The highest BCUT2D eigenvalue weighted by Gasteiger charge is 2.36. The molecule has 3 heterocycles. The van der Waals surface area contributed by atoms with Crippen LogP contribution in [-0.2, 0) is 21.1 Å². The lowest BCUT2D eigenvalue weighted by molar-refractivity contribution is -0.126. The van der Waals surface area contributed by atoms with Gasteiger partial charge in [-0.1, -0.05) is 13.8 Å². The molecular formula is C34H41F2N5O5S. The van der Waals surface area contributed by atoms with E-state index < -0.39 is 27.4 Å². The lowest BCUT2D eigenvalue weighted by Crippen LogP contribution is -2.45. The fourth-order valence-electron chi connectivity index (χ4n) is 7.38. The van der Waals surface area contributed by atoms with Crippen molar-refractivity contribution in [1.29, 1.82) is 0 Å². The Kier molecular flexibility index (Phi) is 8.90. The molecule has 2 aliphatic heterocycles. The average molecular weight is 670 g/mol. The highest BCUT2D eigenvalue weighted by molar-refractivity contribution is 7.91. The summed E-state index contributed by atoms with van der Waals surface area (Å²) >= 11 is 0. The van der Waals surface area contributed by atoms with Crippen LogP contribution in [0.1, 0.15) is 66.8 Å². The van der Waals surface area contributed by atoms with Gasteiger partial charge in [0.15, 0.2) is 9.84 Å². The third-order valence-corrected chi connectivity index (χ3v) is 11.4. The highest BCUT2D eigenvalue weighted by atomic mass is 32.2. The van der Waals surface area contributed by atoms with Gasteiger partial charge in [0.25, 0.3) is 5.91 Å². The van der Waals surface area contributed by atoms with Crippen LogP contribution in [0.15, 0.2) is 30.3 Å². The molecule has 3 aliphatic rings. The zero-order valence-electron chi connectivity index (χ0n) is 26.7. The summed E-state index contributed by atoms with van der Waals surface area (Å²) in [5, 5.41) is 6.92. The van der Waals surface area contributed by atoms with E-state index in [0.29, 0.717) is 86.0 Å². The van der Waals surface area contributed by atoms with E-state index in [1.165, 1.54) is 22.8 Å². The molecule has 13 heteroatoms. The molecular weight excluding hydrogens is 628 g/mol. The van der Waals surface area contributed by atoms with Gasteiger partial charge in [-0.25, -0.2) is 17.2 Å². The Balaban J connectivity index is 1.19. The number of nitrogens with one attached hydrogen (secondary N) is 2. The van der Waals surface area contributed by atoms with E-state index in [-0.39, 0.29) is 58.4 Å². The van der Waals surface area contributed by atoms with E-state index >= 15 is 4.39 Å². The van der Waals surface area contributed by atoms with E-state index in [0.717, 1.165) is 0 Å². The topological polar surface area (TPSA) is 144 Å². The minimum atomic E-state index is -2.95. The van der Waals surface area contributed by atoms with Crippen LogP contribution in [0.5, 0.6) is 0 Å². The standard InChI is InChI=1S/C34H41F2N5O5S/c1-34(2)18-28-30(24-8-5-22(35)17-27(24)41(28)29(42)19-34)21-15-25(36)31(32(37)43)26(16-21)39-23-6-3-20(4-7-23)33(44)38-9-10-40-11-13-47(45,46)14-12-40/h5,8,15-17,20,23,39H,3-4,6-7,9-14,18-19H2,1-2H3,(H2,37,43)(H,38,44). The smallest absolute Gasteiger partial charge is 0.253 e. The van der Waals surface area contributed by atoms with Gasteiger partial charge < -0.3 is 16.4 Å². The lowest BCUT2D eigenvalue weighted by atomic mass is 9.80. The van der Waals surface area contributed by atoms with Crippen molar-refractivity contribution in [1.82, 2.24) is 14.8 Å². The molecule has 0 bridgehead atoms. The molecule has 1 saturated heterocycles. The van der Waals surface area contributed by atoms with E-state index in [1.807, 2.05) is 18.7 Å². The van der Waals surface area contributed by atoms with Crippen LogP contribution in [-0.4, -0.2) is 79.3 Å². The maximum absolute atomic E-state index is 15.7. The molecule has 2 amide bonds. The Bertz CT molecular complexity index is 1850. The summed E-state index contributed by atoms with van der Waals surface area (Å²) in [6.07, 6.45) is 3.21. The Labute approximate surface area is 273 Å². The number of fused-ring (bicyclic) bond motifs is 3. The van der Waals surface area contributed by atoms with E-state index in [2.05, 4.69) is 10.6 Å². The maximum atomic E-state index is 15.7. The molecule has 252 valence electrons. The van der Waals surface area contributed by atoms with Crippen molar-refractivity contribution in [3.63, 3.8) is 0 Å². The third-order valence-electron chi connectivity index (χ3n) is 9.80. The van der Waals surface area contributed by atoms with Gasteiger partial charge in [-0.05, 0) is 73.4 Å². The number of carbonyl (C=O) groups is 3. The quantitative estimate of drug-likeness (QED) is 0.328. The van der Waals surface area contributed by atoms with Crippen molar-refractivity contribution in [2.75, 3.05) is 43.0 Å². The molecule has 0 unspecified atom stereocenters. The van der Waals surface area contributed by atoms with Crippen molar-refractivity contribution >= 4 is 44.1 Å². The fourth-order valence-corrected chi connectivity index (χ4v) is 8.66. The van der Waals surface area contributed by atoms with Gasteiger partial charge in [-0.15, -0.1) is 0 Å². The SMILES string of the molecule is CC1(C)CC(=O)n2c(c(-c3cc(F)c(C(N)=O)c(NC4CCC(C(=O)NCCN5CCS(=O)(=O)CC5)CC4)c3)c3ccc(F)cc32)C1. The number of sulfone groups is 1. The number of anilines is 1. The maximum Gasteiger partial charge on any atom is 0.253 e. The molecule has 0 spiro atoms. The first-order valence-corrected chi connectivity index (χ1v) is 18.0. The van der Waals surface area contributed by atoms with Crippen molar-refractivity contribution in [2.24, 2.45) is 17.1 Å². The first-order chi connectivity index (χ1) is 22.2. The monoisotopic (exact) mass is 669 g/mol. The first-order valence-electron chi connectivity index (χ1n) is 16.2. The van der Waals surface area contributed by atoms with Crippen molar-refractivity contribution in [3.05, 3.63) is 53.2 Å². The molecule has 1 saturated carbocycles. The zero-order valence-corrected chi connectivity index (χ0v) is 27.5. The van der Waals surface area contributed by atoms with Gasteiger partial charge in [-0.2, -0.15) is 0 Å². The molecule has 47 heavy (non-hydrogen) atoms. The van der Waals surface area contributed by atoms with Crippen molar-refractivity contribution in [3.8, 4) is 11.1 Å². The minimum absolute atomic E-state index is 0.0433. The largest absolute Gasteiger partial charge is 0.382 e. The first kappa shape index (κ1) is 33.1. The zero-order chi connectivity index (χ0) is 33.7. The van der Waals surface area contributed by atoms with E-state index in [4.69, 9.17) is 5.73 Å². The van der Waals surface area contributed by atoms with Gasteiger partial charge in [0.1, 0.15) is 11.6 Å². The Morgan fingerprint density at radius 3 is 2.40 bits per heavy atom. The average Bonchev–Trinajstić information content (AvgIpc) is 3.30. The second kappa shape index (κ2) is 12.6. The molecule has 0 radical (unpaired) electrons. The number of carbonyl (C=O) groups excluding carboxylic acids is 3. The van der Waals surface area contributed by atoms with Gasteiger partial charge in [0, 0.05) is 61.2 Å². The van der Waals surface area contributed by atoms with Crippen LogP contribution >= 0.6 is 0 Å². The van der Waals surface area contributed by atoms with Crippen LogP contribution in [0.4, 0.5) is 14.5 Å². The Morgan fingerprint density at radius 2 is 1.72 bits per heavy atom. The molecule has 2 fully saturated rings. The van der Waals surface area contributed by atoms with E-state index in [9.17, 15) is 27.2 Å². The molecule has 10 nitrogen and oxygen atoms in total. The van der Waals surface area contributed by atoms with Crippen molar-refractivity contribution in [2.45, 2.75) is 58.4 Å². The second-order valence-electron chi connectivity index (χ2n) is 14.0. The molecule has 3 aromatic rings. The number of primary amides is 1. The molecule has 1 aliphatic carbocycles. The summed E-state index contributed by atoms with van der Waals surface area (Å²) < 4.78 is 54.9. The van der Waals surface area contributed by atoms with Gasteiger partial charge in [0.05, 0.1) is 28.3 Å². The van der Waals surface area contributed by atoms with Crippen molar-refractivity contribution < 1.29 is 31.6 Å². The summed E-state index contributed by atoms with van der Waals surface area (Å²) in [4.78, 5) is 40.6. The lowest BCUT2D eigenvalue weighted by Gasteiger charge is -2.31. The molecule has 1 aromatic heterocycles. The second-order valence-corrected chi connectivity index (χ2v) is 16.3. The number of halogens is 2. The normalized spacial score (nSPS) is 22.5. The number of aromatic nitrogens is 1. The number of hydrogen-bond acceptors (Lipinski definition) is 7. The van der Waals surface area contributed by atoms with Gasteiger partial charge in [0.2, 0.25) is 11.8 Å². The Morgan fingerprint density at radius 1 is 1.02 bits per heavy atom. The van der Waals surface area contributed by atoms with Crippen LogP contribution in [0, 0.1) is 23.0 Å². The fraction of sp³-hybridized carbons (Fsp3) is 0.500. The summed E-state index contributed by atoms with van der Waals surface area (Å²) in [5.74, 6) is -2.30. The number of hydrogen-bond donors (Lipinski definition) is 3. The molecule has 6 rings (SSSR count). The number of amides is 2. The van der Waals surface area contributed by atoms with Crippen LogP contribution in [0.25, 0.3) is 22.0 Å². The molecule has 4 N–H and O–H groups in total. The summed E-state index contributed by atoms with van der Waals surface area (Å²) in [7, 11) is -2.95. The van der Waals surface area contributed by atoms with Crippen LogP contribution in [0.3, 0.4) is 0 Å². The number of nitrogens with two attached hydrogens (primary N) is 1. The Hall–Kier alpha value is -3.84. The predicted molar refractivity (Wildman–Crippen MR) is 176 cm³/mol. The molecule has 0 atom stereocenters. The minimum Gasteiger partial charge on any atom is -0.382 e. The summed E-state index contributed by atoms with van der Waals surface area (Å²) in [5.41, 5.74) is 7.41. The predicted octanol–water partition coefficient (Wildman–Crippen LogP) is 4.12. The highest BCUT2D eigenvalue weighted by Crippen LogP contribution is 2.44. The van der Waals surface area contributed by atoms with Crippen LogP contribution in [0.2, 0.25) is 0 Å². The number of nitrogens with zero attached hydrogens (tertiary/aromatic N) is 2. The van der Waals surface area contributed by atoms with E-state index in [1.54, 1.807) is 12.1 Å². The molecule has 2 aromatic carbocycles. The number of rotatable bonds is 8. The van der Waals surface area contributed by atoms with Gasteiger partial charge in [-0.3, -0.25) is 23.9 Å². The summed E-state index contributed by atoms with van der Waals surface area (Å²) in [6, 6.07) is 7.02. The van der Waals surface area contributed by atoms with Gasteiger partial charge >= 0.3 is 0 Å². The summed E-state index contributed by atoms with van der Waals surface area (Å²) in [6.45, 7) is 5.96. The number of benzene rings is 2. The van der Waals surface area contributed by atoms with Crippen LogP contribution < -0.4 is 16.4 Å².